The van der Waals surface area contributed by atoms with Crippen LogP contribution in [-0.2, 0) is 6.18 Å². The fourth-order valence-electron chi connectivity index (χ4n) is 2.36. The summed E-state index contributed by atoms with van der Waals surface area (Å²) >= 11 is 0.915. The van der Waals surface area contributed by atoms with Crippen molar-refractivity contribution < 1.29 is 13.2 Å². The normalized spacial score (nSPS) is 11.1. The number of halogens is 3. The number of anilines is 2. The Kier molecular flexibility index (Phi) is 5.33. The van der Waals surface area contributed by atoms with Crippen LogP contribution >= 0.6 is 11.8 Å². The van der Waals surface area contributed by atoms with Crippen molar-refractivity contribution in [2.45, 2.75) is 16.1 Å². The van der Waals surface area contributed by atoms with Crippen LogP contribution in [0.25, 0.3) is 0 Å². The zero-order chi connectivity index (χ0) is 19.4. The summed E-state index contributed by atoms with van der Waals surface area (Å²) < 4.78 is 40.1. The van der Waals surface area contributed by atoms with Crippen LogP contribution in [0.3, 0.4) is 0 Å². The van der Waals surface area contributed by atoms with Gasteiger partial charge in [-0.3, -0.25) is 0 Å². The first-order valence-corrected chi connectivity index (χ1v) is 8.62. The SMILES string of the molecule is CN(c1ncc(C(F)(F)F)c(Sc2ccccc2)n1)c1ccccc1C#N. The second kappa shape index (κ2) is 7.68. The van der Waals surface area contributed by atoms with Gasteiger partial charge >= 0.3 is 6.18 Å². The topological polar surface area (TPSA) is 52.8 Å². The van der Waals surface area contributed by atoms with Gasteiger partial charge in [-0.1, -0.05) is 42.1 Å². The monoisotopic (exact) mass is 386 g/mol. The summed E-state index contributed by atoms with van der Waals surface area (Å²) in [6.07, 6.45) is -3.79. The highest BCUT2D eigenvalue weighted by molar-refractivity contribution is 7.99. The Morgan fingerprint density at radius 2 is 1.70 bits per heavy atom. The van der Waals surface area contributed by atoms with Gasteiger partial charge in [0.2, 0.25) is 5.95 Å². The van der Waals surface area contributed by atoms with E-state index in [1.807, 2.05) is 0 Å². The van der Waals surface area contributed by atoms with Crippen molar-refractivity contribution in [2.24, 2.45) is 0 Å². The maximum Gasteiger partial charge on any atom is 0.420 e. The van der Waals surface area contributed by atoms with Crippen molar-refractivity contribution in [3.8, 4) is 6.07 Å². The van der Waals surface area contributed by atoms with Gasteiger partial charge in [0.05, 0.1) is 11.3 Å². The minimum absolute atomic E-state index is 0.0733. The van der Waals surface area contributed by atoms with E-state index in [1.165, 1.54) is 4.90 Å². The number of hydrogen-bond acceptors (Lipinski definition) is 5. The minimum Gasteiger partial charge on any atom is -0.312 e. The third-order valence-corrected chi connectivity index (χ3v) is 4.70. The highest BCUT2D eigenvalue weighted by atomic mass is 32.2. The fraction of sp³-hybridized carbons (Fsp3) is 0.105. The molecule has 0 N–H and O–H groups in total. The summed E-state index contributed by atoms with van der Waals surface area (Å²) in [6, 6.07) is 17.5. The molecule has 0 aliphatic carbocycles. The van der Waals surface area contributed by atoms with Gasteiger partial charge in [-0.2, -0.15) is 18.4 Å². The van der Waals surface area contributed by atoms with Crippen LogP contribution in [0.15, 0.2) is 70.7 Å². The minimum atomic E-state index is -4.57. The molecule has 0 amide bonds. The molecule has 0 radical (unpaired) electrons. The maximum atomic E-state index is 13.4. The Labute approximate surface area is 158 Å². The Balaban J connectivity index is 2.05. The molecule has 0 fully saturated rings. The quantitative estimate of drug-likeness (QED) is 0.571. The lowest BCUT2D eigenvalue weighted by Gasteiger charge is -2.20. The molecule has 0 aliphatic rings. The molecule has 2 aromatic carbocycles. The zero-order valence-electron chi connectivity index (χ0n) is 14.1. The van der Waals surface area contributed by atoms with Gasteiger partial charge in [-0.25, -0.2) is 9.97 Å². The van der Waals surface area contributed by atoms with E-state index in [1.54, 1.807) is 61.6 Å². The lowest BCUT2D eigenvalue weighted by atomic mass is 10.2. The smallest absolute Gasteiger partial charge is 0.312 e. The lowest BCUT2D eigenvalue weighted by molar-refractivity contribution is -0.140. The molecule has 0 atom stereocenters. The van der Waals surface area contributed by atoms with Crippen molar-refractivity contribution >= 4 is 23.4 Å². The zero-order valence-corrected chi connectivity index (χ0v) is 14.9. The summed E-state index contributed by atoms with van der Waals surface area (Å²) in [5, 5.41) is 9.05. The van der Waals surface area contributed by atoms with Gasteiger partial charge in [0, 0.05) is 18.1 Å². The number of benzene rings is 2. The third kappa shape index (κ3) is 4.20. The maximum absolute atomic E-state index is 13.4. The second-order valence-corrected chi connectivity index (χ2v) is 6.55. The summed E-state index contributed by atoms with van der Waals surface area (Å²) in [5.74, 6) is 0.0733. The highest BCUT2D eigenvalue weighted by Crippen LogP contribution is 2.39. The number of nitrogens with zero attached hydrogens (tertiary/aromatic N) is 4. The van der Waals surface area contributed by atoms with E-state index < -0.39 is 11.7 Å². The highest BCUT2D eigenvalue weighted by Gasteiger charge is 2.35. The Hall–Kier alpha value is -3.05. The summed E-state index contributed by atoms with van der Waals surface area (Å²) in [7, 11) is 1.61. The number of nitriles is 1. The van der Waals surface area contributed by atoms with Crippen LogP contribution < -0.4 is 4.90 Å². The van der Waals surface area contributed by atoms with E-state index in [9.17, 15) is 18.4 Å². The number of hydrogen-bond donors (Lipinski definition) is 0. The number of aromatic nitrogens is 2. The van der Waals surface area contributed by atoms with E-state index in [4.69, 9.17) is 0 Å². The first kappa shape index (κ1) is 18.7. The standard InChI is InChI=1S/C19H13F3N4S/c1-26(16-10-6-5-7-13(16)11-23)18-24-12-15(19(20,21)22)17(25-18)27-14-8-3-2-4-9-14/h2-10,12H,1H3. The summed E-state index contributed by atoms with van der Waals surface area (Å²) in [6.45, 7) is 0. The van der Waals surface area contributed by atoms with E-state index >= 15 is 0 Å². The molecule has 1 heterocycles. The molecule has 3 rings (SSSR count). The molecule has 0 saturated heterocycles. The molecule has 0 aliphatic heterocycles. The van der Waals surface area contributed by atoms with Crippen LogP contribution in [-0.4, -0.2) is 17.0 Å². The van der Waals surface area contributed by atoms with Crippen molar-refractivity contribution in [1.29, 1.82) is 5.26 Å². The molecule has 8 heteroatoms. The molecular weight excluding hydrogens is 373 g/mol. The molecule has 136 valence electrons. The van der Waals surface area contributed by atoms with Gasteiger partial charge in [-0.05, 0) is 24.3 Å². The van der Waals surface area contributed by atoms with Crippen LogP contribution in [0.4, 0.5) is 24.8 Å². The van der Waals surface area contributed by atoms with E-state index in [0.717, 1.165) is 18.0 Å². The molecule has 0 spiro atoms. The van der Waals surface area contributed by atoms with Crippen molar-refractivity contribution in [2.75, 3.05) is 11.9 Å². The molecule has 0 saturated carbocycles. The number of rotatable bonds is 4. The summed E-state index contributed by atoms with van der Waals surface area (Å²) in [4.78, 5) is 10.1. The van der Waals surface area contributed by atoms with Gasteiger partial charge in [0.15, 0.2) is 0 Å². The lowest BCUT2D eigenvalue weighted by Crippen LogP contribution is -2.17. The van der Waals surface area contributed by atoms with E-state index in [0.29, 0.717) is 16.1 Å². The Bertz CT molecular complexity index is 984. The molecule has 3 aromatic rings. The van der Waals surface area contributed by atoms with E-state index in [2.05, 4.69) is 16.0 Å². The van der Waals surface area contributed by atoms with Crippen LogP contribution in [0, 0.1) is 11.3 Å². The van der Waals surface area contributed by atoms with Crippen molar-refractivity contribution in [1.82, 2.24) is 9.97 Å². The first-order valence-electron chi connectivity index (χ1n) is 7.80. The Morgan fingerprint density at radius 3 is 2.37 bits per heavy atom. The molecule has 0 bridgehead atoms. The van der Waals surface area contributed by atoms with Crippen molar-refractivity contribution in [3.63, 3.8) is 0 Å². The fourth-order valence-corrected chi connectivity index (χ4v) is 3.28. The second-order valence-electron chi connectivity index (χ2n) is 5.49. The molecule has 0 unspecified atom stereocenters. The number of alkyl halides is 3. The van der Waals surface area contributed by atoms with E-state index in [-0.39, 0.29) is 11.0 Å². The average molecular weight is 386 g/mol. The molecule has 4 nitrogen and oxygen atoms in total. The predicted octanol–water partition coefficient (Wildman–Crippen LogP) is 5.29. The molecular formula is C19H13F3N4S. The Morgan fingerprint density at radius 1 is 1.04 bits per heavy atom. The third-order valence-electron chi connectivity index (χ3n) is 3.69. The predicted molar refractivity (Wildman–Crippen MR) is 96.8 cm³/mol. The average Bonchev–Trinajstić information content (AvgIpc) is 2.67. The molecule has 1 aromatic heterocycles. The largest absolute Gasteiger partial charge is 0.420 e. The van der Waals surface area contributed by atoms with Crippen LogP contribution in [0.1, 0.15) is 11.1 Å². The van der Waals surface area contributed by atoms with Gasteiger partial charge in [0.25, 0.3) is 0 Å². The van der Waals surface area contributed by atoms with Crippen LogP contribution in [0.2, 0.25) is 0 Å². The van der Waals surface area contributed by atoms with Crippen LogP contribution in [0.5, 0.6) is 0 Å². The summed E-state index contributed by atoms with van der Waals surface area (Å²) in [5.41, 5.74) is -0.0155. The number of para-hydroxylation sites is 1. The van der Waals surface area contributed by atoms with Crippen molar-refractivity contribution in [3.05, 3.63) is 71.9 Å². The van der Waals surface area contributed by atoms with Gasteiger partial charge in [-0.15, -0.1) is 0 Å². The van der Waals surface area contributed by atoms with Gasteiger partial charge < -0.3 is 4.90 Å². The van der Waals surface area contributed by atoms with Gasteiger partial charge in [0.1, 0.15) is 16.7 Å². The first-order chi connectivity index (χ1) is 12.9. The molecule has 27 heavy (non-hydrogen) atoms.